The lowest BCUT2D eigenvalue weighted by Gasteiger charge is -2.04. The van der Waals surface area contributed by atoms with Gasteiger partial charge in [0.2, 0.25) is 5.91 Å². The summed E-state index contributed by atoms with van der Waals surface area (Å²) in [6, 6.07) is 5.40. The number of amides is 1. The van der Waals surface area contributed by atoms with E-state index in [1.165, 1.54) is 11.3 Å². The van der Waals surface area contributed by atoms with Gasteiger partial charge in [0.1, 0.15) is 0 Å². The summed E-state index contributed by atoms with van der Waals surface area (Å²) >= 11 is 4.71. The van der Waals surface area contributed by atoms with E-state index < -0.39 is 0 Å². The fraction of sp³-hybridized carbons (Fsp3) is 0.231. The zero-order valence-electron chi connectivity index (χ0n) is 10.6. The first-order valence-corrected chi connectivity index (χ1v) is 7.58. The predicted octanol–water partition coefficient (Wildman–Crippen LogP) is 2.20. The van der Waals surface area contributed by atoms with Gasteiger partial charge in [0, 0.05) is 34.3 Å². The number of carbonyl (C=O) groups excluding carboxylic acids is 1. The first-order chi connectivity index (χ1) is 9.56. The monoisotopic (exact) mass is 355 g/mol. The molecule has 0 atom stereocenters. The molecule has 1 heterocycles. The molecule has 1 amide bonds. The van der Waals surface area contributed by atoms with Gasteiger partial charge in [-0.3, -0.25) is 4.79 Å². The normalized spacial score (nSPS) is 10.5. The summed E-state index contributed by atoms with van der Waals surface area (Å²) < 4.78 is 0.847. The van der Waals surface area contributed by atoms with Crippen molar-refractivity contribution in [3.8, 4) is 0 Å². The second kappa shape index (κ2) is 6.83. The third-order valence-corrected chi connectivity index (χ3v) is 3.93. The van der Waals surface area contributed by atoms with Crippen molar-refractivity contribution in [2.45, 2.75) is 12.8 Å². The van der Waals surface area contributed by atoms with Crippen LogP contribution in [-0.2, 0) is 17.6 Å². The number of nitrogens with zero attached hydrogens (tertiary/aromatic N) is 1. The minimum absolute atomic E-state index is 0.0763. The Labute approximate surface area is 129 Å². The maximum atomic E-state index is 11.9. The molecule has 0 aliphatic rings. The Morgan fingerprint density at radius 3 is 2.95 bits per heavy atom. The number of aliphatic hydroxyl groups excluding tert-OH is 1. The van der Waals surface area contributed by atoms with Crippen molar-refractivity contribution in [1.82, 2.24) is 4.98 Å². The number of carbonyl (C=O) groups is 1. The summed E-state index contributed by atoms with van der Waals surface area (Å²) in [6.45, 7) is 0.0763. The molecule has 4 N–H and O–H groups in total. The molecule has 0 saturated carbocycles. The predicted molar refractivity (Wildman–Crippen MR) is 83.8 cm³/mol. The molecule has 5 nitrogen and oxygen atoms in total. The number of nitrogen functional groups attached to an aromatic ring is 1. The van der Waals surface area contributed by atoms with Crippen LogP contribution in [0.4, 0.5) is 10.8 Å². The Morgan fingerprint density at radius 2 is 2.25 bits per heavy atom. The van der Waals surface area contributed by atoms with Crippen LogP contribution in [-0.4, -0.2) is 22.6 Å². The second-order valence-corrected chi connectivity index (χ2v) is 6.25. The lowest BCUT2D eigenvalue weighted by molar-refractivity contribution is -0.115. The van der Waals surface area contributed by atoms with Crippen LogP contribution in [0.25, 0.3) is 0 Å². The van der Waals surface area contributed by atoms with Gasteiger partial charge in [-0.2, -0.15) is 0 Å². The van der Waals surface area contributed by atoms with Gasteiger partial charge in [0.05, 0.1) is 6.42 Å². The number of benzene rings is 1. The average molecular weight is 356 g/mol. The van der Waals surface area contributed by atoms with Crippen LogP contribution in [0.5, 0.6) is 0 Å². The first-order valence-electron chi connectivity index (χ1n) is 5.97. The van der Waals surface area contributed by atoms with Gasteiger partial charge in [-0.15, -0.1) is 11.3 Å². The summed E-state index contributed by atoms with van der Waals surface area (Å²) in [5.74, 6) is -0.146. The van der Waals surface area contributed by atoms with E-state index in [1.807, 2.05) is 6.07 Å². The number of aliphatic hydroxyl groups is 1. The van der Waals surface area contributed by atoms with Crippen molar-refractivity contribution < 1.29 is 9.90 Å². The largest absolute Gasteiger partial charge is 0.399 e. The van der Waals surface area contributed by atoms with E-state index in [1.54, 1.807) is 18.3 Å². The Morgan fingerprint density at radius 1 is 1.45 bits per heavy atom. The molecule has 0 aliphatic heterocycles. The third-order valence-electron chi connectivity index (χ3n) is 2.50. The lowest BCUT2D eigenvalue weighted by atomic mass is 10.1. The summed E-state index contributed by atoms with van der Waals surface area (Å²) in [6.07, 6.45) is 2.45. The Kier molecular flexibility index (Phi) is 5.11. The number of nitrogens with one attached hydrogen (secondary N) is 1. The van der Waals surface area contributed by atoms with Crippen molar-refractivity contribution >= 4 is 44.0 Å². The fourth-order valence-electron chi connectivity index (χ4n) is 1.72. The molecule has 7 heteroatoms. The van der Waals surface area contributed by atoms with Gasteiger partial charge in [-0.05, 0) is 23.8 Å². The van der Waals surface area contributed by atoms with E-state index in [0.29, 0.717) is 17.2 Å². The van der Waals surface area contributed by atoms with Crippen LogP contribution in [0.1, 0.15) is 10.4 Å². The standard InChI is InChI=1S/C13H14BrN3O2S/c14-9-3-8(4-10(15)6-9)5-12(19)17-13-16-7-11(20-13)1-2-18/h3-4,6-7,18H,1-2,5,15H2,(H,16,17,19). The topological polar surface area (TPSA) is 88.2 Å². The molecule has 0 radical (unpaired) electrons. The highest BCUT2D eigenvalue weighted by Crippen LogP contribution is 2.20. The van der Waals surface area contributed by atoms with Crippen molar-refractivity contribution in [3.63, 3.8) is 0 Å². The van der Waals surface area contributed by atoms with Gasteiger partial charge in [0.25, 0.3) is 0 Å². The number of hydrogen-bond donors (Lipinski definition) is 3. The number of anilines is 2. The molecule has 2 rings (SSSR count). The lowest BCUT2D eigenvalue weighted by Crippen LogP contribution is -2.14. The Bertz CT molecular complexity index is 595. The third kappa shape index (κ3) is 4.29. The second-order valence-electron chi connectivity index (χ2n) is 4.22. The van der Waals surface area contributed by atoms with Gasteiger partial charge < -0.3 is 16.2 Å². The van der Waals surface area contributed by atoms with E-state index in [-0.39, 0.29) is 18.9 Å². The van der Waals surface area contributed by atoms with Gasteiger partial charge in [0.15, 0.2) is 5.13 Å². The molecular weight excluding hydrogens is 342 g/mol. The van der Waals surface area contributed by atoms with E-state index >= 15 is 0 Å². The number of nitrogens with two attached hydrogens (primary N) is 1. The minimum Gasteiger partial charge on any atom is -0.399 e. The molecule has 1 aromatic carbocycles. The number of hydrogen-bond acceptors (Lipinski definition) is 5. The van der Waals surface area contributed by atoms with Crippen molar-refractivity contribution in [3.05, 3.63) is 39.3 Å². The summed E-state index contributed by atoms with van der Waals surface area (Å²) in [7, 11) is 0. The van der Waals surface area contributed by atoms with Crippen LogP contribution in [0.15, 0.2) is 28.9 Å². The molecule has 106 valence electrons. The molecule has 0 bridgehead atoms. The number of aromatic nitrogens is 1. The highest BCUT2D eigenvalue weighted by molar-refractivity contribution is 9.10. The molecule has 20 heavy (non-hydrogen) atoms. The molecule has 0 aliphatic carbocycles. The first kappa shape index (κ1) is 15.0. The molecule has 1 aromatic heterocycles. The summed E-state index contributed by atoms with van der Waals surface area (Å²) in [5, 5.41) is 12.1. The Hall–Kier alpha value is -1.44. The highest BCUT2D eigenvalue weighted by atomic mass is 79.9. The van der Waals surface area contributed by atoms with E-state index in [4.69, 9.17) is 10.8 Å². The SMILES string of the molecule is Nc1cc(Br)cc(CC(=O)Nc2ncc(CCO)s2)c1. The van der Waals surface area contributed by atoms with Gasteiger partial charge in [-0.25, -0.2) is 4.98 Å². The maximum absolute atomic E-state index is 11.9. The molecule has 0 unspecified atom stereocenters. The minimum atomic E-state index is -0.146. The van der Waals surface area contributed by atoms with Gasteiger partial charge in [-0.1, -0.05) is 15.9 Å². The Balaban J connectivity index is 1.97. The summed E-state index contributed by atoms with van der Waals surface area (Å²) in [4.78, 5) is 17.0. The number of thiazole rings is 1. The van der Waals surface area contributed by atoms with Crippen molar-refractivity contribution in [2.75, 3.05) is 17.7 Å². The summed E-state index contributed by atoms with van der Waals surface area (Å²) in [5.41, 5.74) is 7.18. The van der Waals surface area contributed by atoms with E-state index in [2.05, 4.69) is 26.2 Å². The molecular formula is C13H14BrN3O2S. The molecule has 2 aromatic rings. The van der Waals surface area contributed by atoms with Crippen molar-refractivity contribution in [1.29, 1.82) is 0 Å². The zero-order valence-corrected chi connectivity index (χ0v) is 13.0. The van der Waals surface area contributed by atoms with Crippen LogP contribution in [0.3, 0.4) is 0 Å². The van der Waals surface area contributed by atoms with Crippen LogP contribution in [0.2, 0.25) is 0 Å². The molecule has 0 fully saturated rings. The highest BCUT2D eigenvalue weighted by Gasteiger charge is 2.08. The smallest absolute Gasteiger partial charge is 0.230 e. The van der Waals surface area contributed by atoms with E-state index in [0.717, 1.165) is 14.9 Å². The molecule has 0 spiro atoms. The molecule has 0 saturated heterocycles. The van der Waals surface area contributed by atoms with E-state index in [9.17, 15) is 4.79 Å². The number of rotatable bonds is 5. The fourth-order valence-corrected chi connectivity index (χ4v) is 3.09. The van der Waals surface area contributed by atoms with Crippen molar-refractivity contribution in [2.24, 2.45) is 0 Å². The number of halogens is 1. The quantitative estimate of drug-likeness (QED) is 0.717. The average Bonchev–Trinajstić information content (AvgIpc) is 2.75. The van der Waals surface area contributed by atoms with Crippen LogP contribution >= 0.6 is 27.3 Å². The zero-order chi connectivity index (χ0) is 14.5. The van der Waals surface area contributed by atoms with Crippen LogP contribution < -0.4 is 11.1 Å². The maximum Gasteiger partial charge on any atom is 0.230 e. The van der Waals surface area contributed by atoms with Crippen LogP contribution in [0, 0.1) is 0 Å². The van der Waals surface area contributed by atoms with Gasteiger partial charge >= 0.3 is 0 Å².